The second-order valence-electron chi connectivity index (χ2n) is 9.80. The van der Waals surface area contributed by atoms with Gasteiger partial charge in [-0.3, -0.25) is 4.90 Å². The Bertz CT molecular complexity index is 1140. The fourth-order valence-electron chi connectivity index (χ4n) is 4.98. The molecule has 2 aromatic rings. The lowest BCUT2D eigenvalue weighted by Gasteiger charge is -2.49. The van der Waals surface area contributed by atoms with Crippen LogP contribution in [-0.4, -0.2) is 73.2 Å². The van der Waals surface area contributed by atoms with Gasteiger partial charge in [-0.05, 0) is 61.7 Å². The van der Waals surface area contributed by atoms with Crippen molar-refractivity contribution in [2.75, 3.05) is 17.2 Å². The minimum absolute atomic E-state index is 0.0736. The Hall–Kier alpha value is -1.43. The third-order valence-electron chi connectivity index (χ3n) is 6.33. The van der Waals surface area contributed by atoms with Crippen LogP contribution in [0.25, 0.3) is 10.9 Å². The van der Waals surface area contributed by atoms with E-state index < -0.39 is 23.6 Å². The van der Waals surface area contributed by atoms with E-state index in [1.165, 1.54) is 11.8 Å². The van der Waals surface area contributed by atoms with Crippen LogP contribution in [-0.2, 0) is 4.74 Å². The van der Waals surface area contributed by atoms with Crippen LogP contribution in [0.1, 0.15) is 53.9 Å². The molecule has 0 saturated carbocycles. The molecule has 2 aliphatic rings. The van der Waals surface area contributed by atoms with Gasteiger partial charge in [-0.1, -0.05) is 37.2 Å². The lowest BCUT2D eigenvalue weighted by atomic mass is 9.95. The van der Waals surface area contributed by atoms with E-state index in [4.69, 9.17) is 21.3 Å². The molecular formula is C23H30BrClFN5O3S. The Kier molecular flexibility index (Phi) is 7.72. The first-order valence-electron chi connectivity index (χ1n) is 11.8. The number of aliphatic hydroxyl groups is 1. The second kappa shape index (κ2) is 10.1. The van der Waals surface area contributed by atoms with Crippen molar-refractivity contribution in [1.29, 1.82) is 0 Å². The predicted molar refractivity (Wildman–Crippen MR) is 139 cm³/mol. The third-order valence-corrected chi connectivity index (χ3v) is 7.88. The van der Waals surface area contributed by atoms with Gasteiger partial charge >= 0.3 is 6.09 Å². The van der Waals surface area contributed by atoms with Crippen molar-refractivity contribution in [3.8, 4) is 0 Å². The maximum atomic E-state index is 15.1. The van der Waals surface area contributed by atoms with E-state index in [9.17, 15) is 9.90 Å². The van der Waals surface area contributed by atoms with Gasteiger partial charge in [0.1, 0.15) is 21.5 Å². The summed E-state index contributed by atoms with van der Waals surface area (Å²) < 4.78 is 21.1. The van der Waals surface area contributed by atoms with Crippen molar-refractivity contribution in [2.45, 2.75) is 88.9 Å². The minimum atomic E-state index is -0.750. The zero-order valence-corrected chi connectivity index (χ0v) is 23.5. The van der Waals surface area contributed by atoms with Gasteiger partial charge in [0.05, 0.1) is 29.6 Å². The summed E-state index contributed by atoms with van der Waals surface area (Å²) in [4.78, 5) is 30.2. The van der Waals surface area contributed by atoms with Crippen molar-refractivity contribution in [3.05, 3.63) is 15.6 Å². The summed E-state index contributed by atoms with van der Waals surface area (Å²) in [6, 6.07) is -0.879. The normalized spacial score (nSPS) is 23.2. The number of nitrogens with zero attached hydrogens (tertiary/aromatic N) is 5. The third kappa shape index (κ3) is 5.06. The molecule has 1 N–H and O–H groups in total. The Morgan fingerprint density at radius 2 is 2.03 bits per heavy atom. The first kappa shape index (κ1) is 26.6. The number of aromatic nitrogens is 3. The summed E-state index contributed by atoms with van der Waals surface area (Å²) in [7, 11) is 0. The Morgan fingerprint density at radius 1 is 1.31 bits per heavy atom. The summed E-state index contributed by atoms with van der Waals surface area (Å²) in [5.74, 6) is 0.458. The molecule has 2 bridgehead atoms. The molecule has 0 unspecified atom stereocenters. The number of hydrogen-bond donors (Lipinski definition) is 1. The van der Waals surface area contributed by atoms with E-state index >= 15 is 4.39 Å². The number of pyridine rings is 1. The summed E-state index contributed by atoms with van der Waals surface area (Å²) in [6.45, 7) is 9.79. The minimum Gasteiger partial charge on any atom is -0.444 e. The van der Waals surface area contributed by atoms with Crippen LogP contribution in [0.5, 0.6) is 0 Å². The van der Waals surface area contributed by atoms with Gasteiger partial charge in [0.25, 0.3) is 0 Å². The SMILES string of the molecule is CCSc1nc(N2C[C@H]3CC[C@@H]([C@H]2[C@@H](O)CC)N3C(=O)OC(C)(C)C)c2c(Br)nc(Cl)c(F)c2n1. The number of ether oxygens (including phenoxy) is 1. The second-order valence-corrected chi connectivity index (χ2v) is 12.1. The lowest BCUT2D eigenvalue weighted by molar-refractivity contribution is -0.00318. The number of thioether (sulfide) groups is 1. The van der Waals surface area contributed by atoms with Crippen molar-refractivity contribution in [3.63, 3.8) is 0 Å². The van der Waals surface area contributed by atoms with E-state index in [1.807, 2.05) is 39.5 Å². The monoisotopic (exact) mass is 589 g/mol. The number of hydrogen-bond acceptors (Lipinski definition) is 8. The average molecular weight is 591 g/mol. The first-order chi connectivity index (χ1) is 16.5. The molecule has 192 valence electrons. The molecule has 0 aliphatic carbocycles. The molecule has 2 saturated heterocycles. The number of carbonyl (C=O) groups excluding carboxylic acids is 1. The topological polar surface area (TPSA) is 91.7 Å². The van der Waals surface area contributed by atoms with E-state index in [0.717, 1.165) is 12.8 Å². The maximum absolute atomic E-state index is 15.1. The zero-order valence-electron chi connectivity index (χ0n) is 20.4. The lowest BCUT2D eigenvalue weighted by Crippen LogP contribution is -2.65. The van der Waals surface area contributed by atoms with E-state index in [1.54, 1.807) is 4.90 Å². The molecule has 2 aromatic heterocycles. The molecule has 2 fully saturated rings. The van der Waals surface area contributed by atoms with Crippen LogP contribution >= 0.6 is 39.3 Å². The number of halogens is 3. The molecule has 1 amide bonds. The van der Waals surface area contributed by atoms with Crippen LogP contribution in [0.2, 0.25) is 5.15 Å². The van der Waals surface area contributed by atoms with E-state index in [-0.39, 0.29) is 28.8 Å². The molecule has 4 atom stereocenters. The Morgan fingerprint density at radius 3 is 2.66 bits per heavy atom. The standard InChI is InChI=1S/C23H30BrClFN5O3S/c1-6-13(32)17-12-9-8-11(31(12)22(33)34-23(3,4)5)10-30(17)20-14-16(27-21(29-20)35-7-2)15(26)19(25)28-18(14)24/h11-13,17,32H,6-10H2,1-5H3/t11-,12+,13+,17+/m1/s1. The molecule has 0 spiro atoms. The first-order valence-corrected chi connectivity index (χ1v) is 13.9. The summed E-state index contributed by atoms with van der Waals surface area (Å²) in [5, 5.41) is 11.7. The number of anilines is 1. The highest BCUT2D eigenvalue weighted by Gasteiger charge is 2.52. The molecule has 0 radical (unpaired) electrons. The molecule has 2 aliphatic heterocycles. The van der Waals surface area contributed by atoms with Crippen molar-refractivity contribution in [1.82, 2.24) is 19.9 Å². The number of piperazine rings is 1. The molecule has 0 aromatic carbocycles. The van der Waals surface area contributed by atoms with Crippen LogP contribution in [0.4, 0.5) is 15.0 Å². The van der Waals surface area contributed by atoms with Crippen molar-refractivity contribution in [2.24, 2.45) is 0 Å². The zero-order chi connectivity index (χ0) is 25.7. The van der Waals surface area contributed by atoms with Gasteiger partial charge in [0.15, 0.2) is 16.1 Å². The number of amides is 1. The number of rotatable bonds is 5. The van der Waals surface area contributed by atoms with Gasteiger partial charge in [0.2, 0.25) is 0 Å². The fourth-order valence-corrected chi connectivity index (χ4v) is 6.37. The molecular weight excluding hydrogens is 561 g/mol. The van der Waals surface area contributed by atoms with Gasteiger partial charge < -0.3 is 14.7 Å². The fraction of sp³-hybridized carbons (Fsp3) is 0.652. The molecule has 35 heavy (non-hydrogen) atoms. The van der Waals surface area contributed by atoms with Gasteiger partial charge in [-0.15, -0.1) is 0 Å². The highest BCUT2D eigenvalue weighted by atomic mass is 79.9. The van der Waals surface area contributed by atoms with E-state index in [0.29, 0.717) is 39.7 Å². The Labute approximate surface area is 222 Å². The summed E-state index contributed by atoms with van der Waals surface area (Å²) in [5.41, 5.74) is -0.556. The average Bonchev–Trinajstić information content (AvgIpc) is 3.09. The molecule has 8 nitrogen and oxygen atoms in total. The quantitative estimate of drug-likeness (QED) is 0.280. The van der Waals surface area contributed by atoms with E-state index in [2.05, 4.69) is 25.9 Å². The smallest absolute Gasteiger partial charge is 0.410 e. The number of aliphatic hydroxyl groups excluding tert-OH is 1. The highest BCUT2D eigenvalue weighted by Crippen LogP contribution is 2.43. The van der Waals surface area contributed by atoms with Crippen LogP contribution in [0.15, 0.2) is 9.76 Å². The van der Waals surface area contributed by atoms with Crippen LogP contribution < -0.4 is 4.90 Å². The van der Waals surface area contributed by atoms with Crippen molar-refractivity contribution >= 4 is 62.1 Å². The highest BCUT2D eigenvalue weighted by molar-refractivity contribution is 9.10. The van der Waals surface area contributed by atoms with Crippen LogP contribution in [0.3, 0.4) is 0 Å². The maximum Gasteiger partial charge on any atom is 0.410 e. The molecule has 12 heteroatoms. The van der Waals surface area contributed by atoms with Gasteiger partial charge in [0, 0.05) is 6.54 Å². The summed E-state index contributed by atoms with van der Waals surface area (Å²) >= 11 is 10.8. The largest absolute Gasteiger partial charge is 0.444 e. The molecule has 4 rings (SSSR count). The molecule has 4 heterocycles. The van der Waals surface area contributed by atoms with Gasteiger partial charge in [-0.2, -0.15) is 0 Å². The number of fused-ring (bicyclic) bond motifs is 3. The van der Waals surface area contributed by atoms with Crippen LogP contribution in [0, 0.1) is 5.82 Å². The van der Waals surface area contributed by atoms with Crippen molar-refractivity contribution < 1.29 is 19.0 Å². The summed E-state index contributed by atoms with van der Waals surface area (Å²) in [6.07, 6.45) is 0.839. The van der Waals surface area contributed by atoms with Gasteiger partial charge in [-0.25, -0.2) is 24.1 Å². The number of carbonyl (C=O) groups is 1. The predicted octanol–water partition coefficient (Wildman–Crippen LogP) is 5.42. The Balaban J connectivity index is 1.86.